The summed E-state index contributed by atoms with van der Waals surface area (Å²) in [4.78, 5) is 33.9. The lowest BCUT2D eigenvalue weighted by atomic mass is 9.97. The number of carbonyl (C=O) groups excluding carboxylic acids is 3. The molecule has 31 heavy (non-hydrogen) atoms. The van der Waals surface area contributed by atoms with E-state index in [2.05, 4.69) is 24.4 Å². The van der Waals surface area contributed by atoms with Crippen molar-refractivity contribution in [2.45, 2.75) is 77.6 Å². The van der Waals surface area contributed by atoms with Gasteiger partial charge in [-0.3, -0.25) is 4.79 Å². The van der Waals surface area contributed by atoms with Crippen molar-refractivity contribution in [1.29, 1.82) is 0 Å². The van der Waals surface area contributed by atoms with Crippen LogP contribution < -0.4 is 15.5 Å². The third kappa shape index (κ3) is 11.4. The lowest BCUT2D eigenvalue weighted by molar-refractivity contribution is -0.328. The van der Waals surface area contributed by atoms with Crippen LogP contribution >= 0.6 is 0 Å². The summed E-state index contributed by atoms with van der Waals surface area (Å²) in [7, 11) is 0. The molecule has 6 heteroatoms. The van der Waals surface area contributed by atoms with Gasteiger partial charge in [0.05, 0.1) is 11.9 Å². The van der Waals surface area contributed by atoms with E-state index >= 15 is 0 Å². The van der Waals surface area contributed by atoms with Crippen LogP contribution in [0.1, 0.15) is 87.9 Å². The first-order chi connectivity index (χ1) is 15.0. The molecule has 0 fully saturated rings. The highest BCUT2D eigenvalue weighted by Crippen LogP contribution is 2.15. The summed E-state index contributed by atoms with van der Waals surface area (Å²) in [5, 5.41) is 24.9. The molecule has 1 aromatic carbocycles. The van der Waals surface area contributed by atoms with Gasteiger partial charge in [-0.1, -0.05) is 76.2 Å². The number of anilines is 1. The molecule has 0 aromatic heterocycles. The predicted octanol–water partition coefficient (Wildman–Crippen LogP) is 3.26. The third-order valence-electron chi connectivity index (χ3n) is 5.15. The number of allylic oxidation sites excluding steroid dienone is 2. The van der Waals surface area contributed by atoms with Gasteiger partial charge in [-0.15, -0.1) is 0 Å². The van der Waals surface area contributed by atoms with Crippen LogP contribution in [0.15, 0.2) is 36.4 Å². The van der Waals surface area contributed by atoms with Crippen molar-refractivity contribution in [3.63, 3.8) is 0 Å². The zero-order valence-corrected chi connectivity index (χ0v) is 18.6. The largest absolute Gasteiger partial charge is 0.549 e. The van der Waals surface area contributed by atoms with E-state index in [-0.39, 0.29) is 5.56 Å². The van der Waals surface area contributed by atoms with E-state index in [0.29, 0.717) is 12.2 Å². The summed E-state index contributed by atoms with van der Waals surface area (Å²) in [5.74, 6) is -7.29. The van der Waals surface area contributed by atoms with Gasteiger partial charge in [0, 0.05) is 17.8 Å². The minimum Gasteiger partial charge on any atom is -0.549 e. The van der Waals surface area contributed by atoms with Crippen LogP contribution in [0.3, 0.4) is 0 Å². The minimum atomic E-state index is -2.30. The summed E-state index contributed by atoms with van der Waals surface area (Å²) in [5.41, 5.74) is 0.623. The van der Waals surface area contributed by atoms with Crippen LogP contribution in [0.2, 0.25) is 0 Å². The van der Waals surface area contributed by atoms with Gasteiger partial charge in [-0.25, -0.2) is 0 Å². The van der Waals surface area contributed by atoms with Crippen LogP contribution in [0.25, 0.3) is 0 Å². The summed E-state index contributed by atoms with van der Waals surface area (Å²) >= 11 is 0. The van der Waals surface area contributed by atoms with Gasteiger partial charge in [0.15, 0.2) is 5.78 Å². The monoisotopic (exact) mass is 429 g/mol. The number of hydrogen-bond donors (Lipinski definition) is 1. The fourth-order valence-electron chi connectivity index (χ4n) is 3.34. The Balaban J connectivity index is 2.22. The Bertz CT molecular complexity index is 700. The van der Waals surface area contributed by atoms with E-state index in [1.54, 1.807) is 12.1 Å². The van der Waals surface area contributed by atoms with E-state index in [9.17, 15) is 24.6 Å². The molecule has 0 unspecified atom stereocenters. The van der Waals surface area contributed by atoms with Gasteiger partial charge in [0.1, 0.15) is 5.92 Å². The zero-order chi connectivity index (χ0) is 22.9. The summed E-state index contributed by atoms with van der Waals surface area (Å²) < 4.78 is 0. The molecule has 0 radical (unpaired) electrons. The molecule has 0 spiro atoms. The normalized spacial score (nSPS) is 11.2. The van der Waals surface area contributed by atoms with Crippen molar-refractivity contribution < 1.29 is 24.6 Å². The summed E-state index contributed by atoms with van der Waals surface area (Å²) in [6.45, 7) is 2.92. The van der Waals surface area contributed by atoms with Crippen molar-refractivity contribution in [1.82, 2.24) is 0 Å². The zero-order valence-electron chi connectivity index (χ0n) is 18.6. The third-order valence-corrected chi connectivity index (χ3v) is 5.15. The number of carbonyl (C=O) groups is 3. The second-order valence-electron chi connectivity index (χ2n) is 7.82. The van der Waals surface area contributed by atoms with Crippen LogP contribution in [0.5, 0.6) is 0 Å². The van der Waals surface area contributed by atoms with Crippen LogP contribution in [0, 0.1) is 5.92 Å². The molecule has 0 saturated heterocycles. The number of carboxylic acids is 2. The first-order valence-corrected chi connectivity index (χ1v) is 11.4. The molecular formula is C25H35NO5-2. The smallest absolute Gasteiger partial charge is 0.177 e. The van der Waals surface area contributed by atoms with Crippen molar-refractivity contribution in [3.05, 3.63) is 42.0 Å². The number of carboxylic acid groups (broad SMARTS) is 2. The van der Waals surface area contributed by atoms with Crippen LogP contribution in [0.4, 0.5) is 5.69 Å². The Morgan fingerprint density at radius 2 is 1.45 bits per heavy atom. The minimum absolute atomic E-state index is 0.00587. The molecular weight excluding hydrogens is 394 g/mol. The number of unbranched alkanes of at least 4 members (excludes halogenated alkanes) is 9. The standard InChI is InChI=1S/C25H37NO5/c1-2-3-4-5-6-7-8-9-10-11-12-13-14-18-26-21-17-15-16-20(19-21)23(27)22(24(28)29)25(30)31/h11-12,15-17,19,22,26H,2-10,13-14,18H2,1H3,(H,28,29)(H,30,31)/p-2/b12-11+. The van der Waals surface area contributed by atoms with Gasteiger partial charge in [0.25, 0.3) is 0 Å². The number of Topliss-reactive ketones (excluding diaryl/α,β-unsaturated/α-hetero) is 1. The molecule has 0 heterocycles. The second-order valence-corrected chi connectivity index (χ2v) is 7.82. The lowest BCUT2D eigenvalue weighted by Gasteiger charge is -2.18. The van der Waals surface area contributed by atoms with Gasteiger partial charge in [-0.2, -0.15) is 0 Å². The van der Waals surface area contributed by atoms with Crippen molar-refractivity contribution >= 4 is 23.4 Å². The van der Waals surface area contributed by atoms with Crippen molar-refractivity contribution in [2.24, 2.45) is 5.92 Å². The number of ketones is 1. The highest BCUT2D eigenvalue weighted by molar-refractivity contribution is 6.19. The molecule has 0 bridgehead atoms. The Labute approximate surface area is 185 Å². The molecule has 0 saturated carbocycles. The molecule has 0 aliphatic carbocycles. The maximum atomic E-state index is 12.1. The van der Waals surface area contributed by atoms with Crippen molar-refractivity contribution in [2.75, 3.05) is 11.9 Å². The quantitative estimate of drug-likeness (QED) is 0.166. The highest BCUT2D eigenvalue weighted by Gasteiger charge is 2.22. The number of aliphatic carboxylic acids is 2. The molecule has 1 aromatic rings. The second kappa shape index (κ2) is 16.1. The Kier molecular flexibility index (Phi) is 13.7. The van der Waals surface area contributed by atoms with Crippen LogP contribution in [-0.2, 0) is 9.59 Å². The summed E-state index contributed by atoms with van der Waals surface area (Å²) in [6, 6.07) is 6.13. The lowest BCUT2D eigenvalue weighted by Crippen LogP contribution is -2.47. The number of hydrogen-bond acceptors (Lipinski definition) is 6. The van der Waals surface area contributed by atoms with Gasteiger partial charge >= 0.3 is 0 Å². The Morgan fingerprint density at radius 1 is 0.871 bits per heavy atom. The van der Waals surface area contributed by atoms with Gasteiger partial charge in [0.2, 0.25) is 0 Å². The number of nitrogens with one attached hydrogen (secondary N) is 1. The van der Waals surface area contributed by atoms with E-state index in [1.807, 2.05) is 0 Å². The molecule has 1 rings (SSSR count). The average molecular weight is 430 g/mol. The first-order valence-electron chi connectivity index (χ1n) is 11.4. The molecule has 6 nitrogen and oxygen atoms in total. The molecule has 0 aliphatic heterocycles. The maximum Gasteiger partial charge on any atom is 0.177 e. The van der Waals surface area contributed by atoms with E-state index in [1.165, 1.54) is 63.5 Å². The number of rotatable bonds is 18. The molecule has 1 N–H and O–H groups in total. The fourth-order valence-corrected chi connectivity index (χ4v) is 3.34. The fraction of sp³-hybridized carbons (Fsp3) is 0.560. The van der Waals surface area contributed by atoms with Gasteiger partial charge in [-0.05, 0) is 37.8 Å². The Hall–Kier alpha value is -2.63. The van der Waals surface area contributed by atoms with E-state index < -0.39 is 23.6 Å². The number of benzene rings is 1. The SMILES string of the molecule is CCCCCCCCCC/C=C/CCCNc1cccc(C(=O)C(C(=O)[O-])C(=O)[O-])c1. The highest BCUT2D eigenvalue weighted by atomic mass is 16.4. The molecule has 0 aliphatic rings. The molecule has 0 amide bonds. The van der Waals surface area contributed by atoms with Crippen LogP contribution in [-0.4, -0.2) is 24.3 Å². The molecule has 172 valence electrons. The summed E-state index contributed by atoms with van der Waals surface area (Å²) in [6.07, 6.45) is 18.0. The topological polar surface area (TPSA) is 109 Å². The molecule has 0 atom stereocenters. The average Bonchev–Trinajstić information content (AvgIpc) is 2.73. The van der Waals surface area contributed by atoms with Crippen molar-refractivity contribution in [3.8, 4) is 0 Å². The Morgan fingerprint density at radius 3 is 2.06 bits per heavy atom. The van der Waals surface area contributed by atoms with Gasteiger partial charge < -0.3 is 25.1 Å². The maximum absolute atomic E-state index is 12.1. The predicted molar refractivity (Wildman–Crippen MR) is 118 cm³/mol. The van der Waals surface area contributed by atoms with E-state index in [4.69, 9.17) is 0 Å². The first kappa shape index (κ1) is 26.4. The van der Waals surface area contributed by atoms with E-state index in [0.717, 1.165) is 19.3 Å².